The SMILES string of the molecule is CN(C)/N=C(\CC[C@@H](O)COCc1ccccc1)c1ccccc1. The summed E-state index contributed by atoms with van der Waals surface area (Å²) in [6.45, 7) is 0.855. The number of benzene rings is 2. The molecule has 0 bridgehead atoms. The van der Waals surface area contributed by atoms with Crippen LogP contribution in [0.5, 0.6) is 0 Å². The van der Waals surface area contributed by atoms with Crippen molar-refractivity contribution < 1.29 is 9.84 Å². The van der Waals surface area contributed by atoms with Gasteiger partial charge in [-0.25, -0.2) is 0 Å². The summed E-state index contributed by atoms with van der Waals surface area (Å²) in [7, 11) is 3.81. The van der Waals surface area contributed by atoms with Gasteiger partial charge in [-0.3, -0.25) is 0 Å². The first-order chi connectivity index (χ1) is 11.6. The average molecular weight is 326 g/mol. The highest BCUT2D eigenvalue weighted by molar-refractivity contribution is 6.00. The van der Waals surface area contributed by atoms with Crippen LogP contribution in [0, 0.1) is 0 Å². The molecule has 128 valence electrons. The standard InChI is InChI=1S/C20H26N2O2/c1-22(2)21-20(18-11-7-4-8-12-18)14-13-19(23)16-24-15-17-9-5-3-6-10-17/h3-12,19,23H,13-16H2,1-2H3/b21-20+/t19-/m1/s1. The minimum Gasteiger partial charge on any atom is -0.391 e. The molecule has 4 nitrogen and oxygen atoms in total. The molecule has 0 saturated carbocycles. The fourth-order valence-electron chi connectivity index (χ4n) is 2.40. The Labute approximate surface area is 144 Å². The maximum Gasteiger partial charge on any atom is 0.0777 e. The van der Waals surface area contributed by atoms with Crippen molar-refractivity contribution >= 4 is 5.71 Å². The molecule has 24 heavy (non-hydrogen) atoms. The van der Waals surface area contributed by atoms with Crippen LogP contribution in [0.25, 0.3) is 0 Å². The van der Waals surface area contributed by atoms with Crippen molar-refractivity contribution in [3.63, 3.8) is 0 Å². The van der Waals surface area contributed by atoms with E-state index in [4.69, 9.17) is 4.74 Å². The third-order valence-electron chi connectivity index (χ3n) is 3.56. The van der Waals surface area contributed by atoms with Crippen molar-refractivity contribution in [2.75, 3.05) is 20.7 Å². The van der Waals surface area contributed by atoms with Gasteiger partial charge in [0.15, 0.2) is 0 Å². The van der Waals surface area contributed by atoms with E-state index in [1.165, 1.54) is 0 Å². The maximum absolute atomic E-state index is 10.2. The topological polar surface area (TPSA) is 45.1 Å². The zero-order valence-electron chi connectivity index (χ0n) is 14.4. The summed E-state index contributed by atoms with van der Waals surface area (Å²) in [6, 6.07) is 20.1. The van der Waals surface area contributed by atoms with Crippen LogP contribution in [-0.2, 0) is 11.3 Å². The minimum absolute atomic E-state index is 0.332. The van der Waals surface area contributed by atoms with Gasteiger partial charge in [-0.15, -0.1) is 0 Å². The second kappa shape index (κ2) is 9.85. The molecule has 0 spiro atoms. The van der Waals surface area contributed by atoms with Crippen LogP contribution in [0.15, 0.2) is 65.8 Å². The molecule has 0 saturated heterocycles. The van der Waals surface area contributed by atoms with Crippen molar-refractivity contribution in [2.45, 2.75) is 25.6 Å². The summed E-state index contributed by atoms with van der Waals surface area (Å²) in [6.07, 6.45) is 0.832. The number of hydrogen-bond acceptors (Lipinski definition) is 4. The van der Waals surface area contributed by atoms with E-state index < -0.39 is 6.10 Å². The number of rotatable bonds is 9. The Morgan fingerprint density at radius 3 is 2.29 bits per heavy atom. The Balaban J connectivity index is 1.81. The average Bonchev–Trinajstić information content (AvgIpc) is 2.60. The summed E-state index contributed by atoms with van der Waals surface area (Å²) in [5.41, 5.74) is 3.18. The lowest BCUT2D eigenvalue weighted by atomic mass is 10.0. The van der Waals surface area contributed by atoms with E-state index in [9.17, 15) is 5.11 Å². The molecule has 0 aliphatic rings. The molecule has 2 rings (SSSR count). The van der Waals surface area contributed by atoms with Gasteiger partial charge in [0.05, 0.1) is 25.0 Å². The molecule has 2 aromatic carbocycles. The molecule has 1 atom stereocenters. The van der Waals surface area contributed by atoms with E-state index >= 15 is 0 Å². The van der Waals surface area contributed by atoms with Gasteiger partial charge >= 0.3 is 0 Å². The van der Waals surface area contributed by atoms with Crippen molar-refractivity contribution in [2.24, 2.45) is 5.10 Å². The minimum atomic E-state index is -0.496. The highest BCUT2D eigenvalue weighted by Gasteiger charge is 2.10. The molecule has 0 heterocycles. The molecule has 4 heteroatoms. The van der Waals surface area contributed by atoms with E-state index in [0.29, 0.717) is 26.1 Å². The van der Waals surface area contributed by atoms with Crippen molar-refractivity contribution in [1.82, 2.24) is 5.01 Å². The number of aliphatic hydroxyl groups is 1. The largest absolute Gasteiger partial charge is 0.391 e. The first-order valence-corrected chi connectivity index (χ1v) is 8.25. The van der Waals surface area contributed by atoms with E-state index in [0.717, 1.165) is 16.8 Å². The predicted octanol–water partition coefficient (Wildman–Crippen LogP) is 3.31. The zero-order valence-corrected chi connectivity index (χ0v) is 14.4. The zero-order chi connectivity index (χ0) is 17.2. The molecular formula is C20H26N2O2. The molecule has 0 aliphatic heterocycles. The third kappa shape index (κ3) is 6.52. The van der Waals surface area contributed by atoms with Gasteiger partial charge in [0, 0.05) is 14.1 Å². The lowest BCUT2D eigenvalue weighted by Crippen LogP contribution is -2.18. The normalized spacial score (nSPS) is 12.9. The number of aliphatic hydroxyl groups excluding tert-OH is 1. The molecule has 2 aromatic rings. The van der Waals surface area contributed by atoms with Crippen LogP contribution in [0.3, 0.4) is 0 Å². The smallest absolute Gasteiger partial charge is 0.0777 e. The van der Waals surface area contributed by atoms with Gasteiger partial charge in [-0.1, -0.05) is 60.7 Å². The molecular weight excluding hydrogens is 300 g/mol. The van der Waals surface area contributed by atoms with Crippen molar-refractivity contribution in [3.8, 4) is 0 Å². The van der Waals surface area contributed by atoms with Gasteiger partial charge in [0.2, 0.25) is 0 Å². The molecule has 0 aliphatic carbocycles. The predicted molar refractivity (Wildman–Crippen MR) is 98.0 cm³/mol. The summed E-state index contributed by atoms with van der Waals surface area (Å²) >= 11 is 0. The van der Waals surface area contributed by atoms with Gasteiger partial charge in [0.1, 0.15) is 0 Å². The Kier molecular flexibility index (Phi) is 7.46. The van der Waals surface area contributed by atoms with Crippen LogP contribution in [0.2, 0.25) is 0 Å². The van der Waals surface area contributed by atoms with Crippen molar-refractivity contribution in [1.29, 1.82) is 0 Å². The fourth-order valence-corrected chi connectivity index (χ4v) is 2.40. The Morgan fingerprint density at radius 1 is 1.04 bits per heavy atom. The van der Waals surface area contributed by atoms with Crippen LogP contribution in [-0.4, -0.2) is 42.6 Å². The van der Waals surface area contributed by atoms with E-state index in [-0.39, 0.29) is 0 Å². The first kappa shape index (κ1) is 18.2. The second-order valence-electron chi connectivity index (χ2n) is 5.95. The highest BCUT2D eigenvalue weighted by Crippen LogP contribution is 2.10. The Bertz CT molecular complexity index is 612. The van der Waals surface area contributed by atoms with Crippen LogP contribution in [0.4, 0.5) is 0 Å². The summed E-state index contributed by atoms with van der Waals surface area (Å²) in [5, 5.41) is 16.5. The monoisotopic (exact) mass is 326 g/mol. The molecule has 0 amide bonds. The molecule has 1 N–H and O–H groups in total. The quantitative estimate of drug-likeness (QED) is 0.568. The highest BCUT2D eigenvalue weighted by atomic mass is 16.5. The Hall–Kier alpha value is -2.17. The number of nitrogens with zero attached hydrogens (tertiary/aromatic N) is 2. The Morgan fingerprint density at radius 2 is 1.67 bits per heavy atom. The number of hydrazone groups is 1. The molecule has 0 aromatic heterocycles. The molecule has 0 unspecified atom stereocenters. The summed E-state index contributed by atoms with van der Waals surface area (Å²) < 4.78 is 5.60. The van der Waals surface area contributed by atoms with E-state index in [1.807, 2.05) is 74.8 Å². The van der Waals surface area contributed by atoms with Gasteiger partial charge in [-0.05, 0) is 24.0 Å². The lowest BCUT2D eigenvalue weighted by molar-refractivity contribution is 0.0255. The second-order valence-corrected chi connectivity index (χ2v) is 5.95. The van der Waals surface area contributed by atoms with Crippen LogP contribution < -0.4 is 0 Å². The van der Waals surface area contributed by atoms with Crippen molar-refractivity contribution in [3.05, 3.63) is 71.8 Å². The first-order valence-electron chi connectivity index (χ1n) is 8.25. The summed E-state index contributed by atoms with van der Waals surface area (Å²) in [4.78, 5) is 0. The maximum atomic E-state index is 10.2. The summed E-state index contributed by atoms with van der Waals surface area (Å²) in [5.74, 6) is 0. The van der Waals surface area contributed by atoms with Gasteiger partial charge in [0.25, 0.3) is 0 Å². The van der Waals surface area contributed by atoms with Gasteiger partial charge in [-0.2, -0.15) is 5.10 Å². The number of ether oxygens (including phenoxy) is 1. The van der Waals surface area contributed by atoms with Crippen LogP contribution in [0.1, 0.15) is 24.0 Å². The van der Waals surface area contributed by atoms with Gasteiger partial charge < -0.3 is 14.9 Å². The van der Waals surface area contributed by atoms with E-state index in [2.05, 4.69) is 5.10 Å². The molecule has 0 fully saturated rings. The number of hydrogen-bond donors (Lipinski definition) is 1. The fraction of sp³-hybridized carbons (Fsp3) is 0.350. The third-order valence-corrected chi connectivity index (χ3v) is 3.56. The van der Waals surface area contributed by atoms with Crippen LogP contribution >= 0.6 is 0 Å². The van der Waals surface area contributed by atoms with E-state index in [1.54, 1.807) is 5.01 Å². The molecule has 0 radical (unpaired) electrons. The lowest BCUT2D eigenvalue weighted by Gasteiger charge is -2.14.